The van der Waals surface area contributed by atoms with Gasteiger partial charge in [0.15, 0.2) is 0 Å². The first-order chi connectivity index (χ1) is 12.7. The molecule has 5 nitrogen and oxygen atoms in total. The topological polar surface area (TPSA) is 77.8 Å². The fraction of sp³-hybridized carbons (Fsp3) is 0.700. The number of aliphatic hydroxyl groups excluding tert-OH is 1. The van der Waals surface area contributed by atoms with E-state index in [0.29, 0.717) is 32.1 Å². The van der Waals surface area contributed by atoms with Gasteiger partial charge in [-0.25, -0.2) is 0 Å². The molecule has 0 spiro atoms. The number of likely N-dealkylation sites (tertiary alicyclic amines) is 1. The zero-order chi connectivity index (χ0) is 20.4. The van der Waals surface area contributed by atoms with Gasteiger partial charge in [-0.2, -0.15) is 8.78 Å². The Kier molecular flexibility index (Phi) is 9.44. The number of carbonyl (C=O) groups excluding carboxylic acids is 1. The summed E-state index contributed by atoms with van der Waals surface area (Å²) in [6.45, 7) is 3.73. The minimum Gasteiger partial charge on any atom is -0.481 e. The predicted octanol–water partition coefficient (Wildman–Crippen LogP) is 3.22. The Hall–Kier alpha value is -1.94. The molecule has 0 aliphatic carbocycles. The van der Waals surface area contributed by atoms with Crippen molar-refractivity contribution in [1.29, 1.82) is 0 Å². The van der Waals surface area contributed by atoms with Crippen LogP contribution < -0.4 is 0 Å². The maximum Gasteiger partial charge on any atom is 0.327 e. The minimum absolute atomic E-state index is 0.0879. The van der Waals surface area contributed by atoms with E-state index in [0.717, 1.165) is 4.90 Å². The number of halogens is 2. The van der Waals surface area contributed by atoms with Crippen molar-refractivity contribution in [2.24, 2.45) is 5.92 Å². The van der Waals surface area contributed by atoms with E-state index in [1.807, 2.05) is 6.92 Å². The van der Waals surface area contributed by atoms with Crippen LogP contribution in [0, 0.1) is 17.8 Å². The first kappa shape index (κ1) is 23.1. The van der Waals surface area contributed by atoms with Gasteiger partial charge in [0.1, 0.15) is 0 Å². The highest BCUT2D eigenvalue weighted by atomic mass is 19.3. The van der Waals surface area contributed by atoms with Gasteiger partial charge in [-0.3, -0.25) is 9.59 Å². The van der Waals surface area contributed by atoms with E-state index in [-0.39, 0.29) is 18.9 Å². The Balaban J connectivity index is 2.59. The molecule has 2 N–H and O–H groups in total. The molecule has 0 aromatic carbocycles. The lowest BCUT2D eigenvalue weighted by Gasteiger charge is -2.22. The number of hydrogen-bond acceptors (Lipinski definition) is 3. The lowest BCUT2D eigenvalue weighted by molar-refractivity contribution is -0.148. The third-order valence-corrected chi connectivity index (χ3v) is 4.69. The van der Waals surface area contributed by atoms with Crippen molar-refractivity contribution in [3.8, 4) is 11.8 Å². The molecule has 1 fully saturated rings. The highest BCUT2D eigenvalue weighted by Gasteiger charge is 2.52. The van der Waals surface area contributed by atoms with Crippen LogP contribution in [-0.4, -0.2) is 51.6 Å². The number of aliphatic carboxylic acids is 1. The van der Waals surface area contributed by atoms with Crippen LogP contribution >= 0.6 is 0 Å². The Morgan fingerprint density at radius 1 is 1.37 bits per heavy atom. The molecule has 27 heavy (non-hydrogen) atoms. The molecule has 0 aromatic rings. The third-order valence-electron chi connectivity index (χ3n) is 4.69. The van der Waals surface area contributed by atoms with Gasteiger partial charge in [0.2, 0.25) is 0 Å². The Bertz CT molecular complexity index is 595. The predicted molar refractivity (Wildman–Crippen MR) is 98.2 cm³/mol. The van der Waals surface area contributed by atoms with Crippen molar-refractivity contribution in [1.82, 2.24) is 4.90 Å². The summed E-state index contributed by atoms with van der Waals surface area (Å²) >= 11 is 0. The number of rotatable bonds is 11. The summed E-state index contributed by atoms with van der Waals surface area (Å²) < 4.78 is 27.7. The summed E-state index contributed by atoms with van der Waals surface area (Å²) in [7, 11) is 0. The fourth-order valence-corrected chi connectivity index (χ4v) is 2.99. The summed E-state index contributed by atoms with van der Waals surface area (Å²) in [5.41, 5.74) is 0. The van der Waals surface area contributed by atoms with E-state index in [4.69, 9.17) is 5.11 Å². The van der Waals surface area contributed by atoms with Crippen molar-refractivity contribution in [2.75, 3.05) is 6.54 Å². The quantitative estimate of drug-likeness (QED) is 0.325. The molecular weight excluding hydrogens is 356 g/mol. The van der Waals surface area contributed by atoms with Crippen LogP contribution in [0.15, 0.2) is 12.2 Å². The number of unbranched alkanes of at least 4 members (excludes halogenated alkanes) is 3. The number of carbonyl (C=O) groups is 2. The molecule has 0 saturated carbocycles. The van der Waals surface area contributed by atoms with E-state index in [1.165, 1.54) is 12.2 Å². The van der Waals surface area contributed by atoms with Crippen molar-refractivity contribution in [2.45, 2.75) is 76.9 Å². The van der Waals surface area contributed by atoms with E-state index in [9.17, 15) is 23.5 Å². The van der Waals surface area contributed by atoms with E-state index < -0.39 is 36.4 Å². The third kappa shape index (κ3) is 7.67. The second-order valence-electron chi connectivity index (χ2n) is 7.02. The second kappa shape index (κ2) is 11.0. The Morgan fingerprint density at radius 2 is 2.04 bits per heavy atom. The zero-order valence-electron chi connectivity index (χ0n) is 16.0. The number of carboxylic acids is 1. The molecule has 1 saturated heterocycles. The van der Waals surface area contributed by atoms with Gasteiger partial charge in [-0.05, 0) is 25.7 Å². The Labute approximate surface area is 159 Å². The van der Waals surface area contributed by atoms with Gasteiger partial charge in [0.25, 0.3) is 5.91 Å². The van der Waals surface area contributed by atoms with Crippen LogP contribution in [0.2, 0.25) is 0 Å². The van der Waals surface area contributed by atoms with Crippen LogP contribution in [0.3, 0.4) is 0 Å². The van der Waals surface area contributed by atoms with Crippen LogP contribution in [0.1, 0.15) is 58.8 Å². The van der Waals surface area contributed by atoms with Gasteiger partial charge in [-0.15, -0.1) is 11.8 Å². The van der Waals surface area contributed by atoms with E-state index in [2.05, 4.69) is 11.8 Å². The molecule has 1 rings (SSSR count). The Morgan fingerprint density at radius 3 is 2.67 bits per heavy atom. The molecule has 0 radical (unpaired) electrons. The van der Waals surface area contributed by atoms with Crippen LogP contribution in [-0.2, 0) is 9.59 Å². The van der Waals surface area contributed by atoms with Crippen LogP contribution in [0.5, 0.6) is 0 Å². The van der Waals surface area contributed by atoms with Gasteiger partial charge >= 0.3 is 11.9 Å². The van der Waals surface area contributed by atoms with Crippen LogP contribution in [0.4, 0.5) is 8.78 Å². The van der Waals surface area contributed by atoms with Gasteiger partial charge in [-0.1, -0.05) is 31.9 Å². The molecule has 0 bridgehead atoms. The number of nitrogens with zero attached hydrogens (tertiary/aromatic N) is 1. The number of amides is 1. The molecule has 1 aliphatic rings. The summed E-state index contributed by atoms with van der Waals surface area (Å²) in [6, 6.07) is -0.745. The second-order valence-corrected chi connectivity index (χ2v) is 7.02. The summed E-state index contributed by atoms with van der Waals surface area (Å²) in [5.74, 6) is 0.0706. The number of alkyl halides is 2. The minimum atomic E-state index is -3.39. The molecule has 1 amide bonds. The average Bonchev–Trinajstić information content (AvgIpc) is 2.82. The largest absolute Gasteiger partial charge is 0.481 e. The van der Waals surface area contributed by atoms with Crippen molar-refractivity contribution >= 4 is 11.9 Å². The fourth-order valence-electron chi connectivity index (χ4n) is 2.99. The first-order valence-electron chi connectivity index (χ1n) is 9.35. The van der Waals surface area contributed by atoms with Gasteiger partial charge in [0.05, 0.1) is 12.1 Å². The lowest BCUT2D eigenvalue weighted by atomic mass is 10.00. The number of carboxylic acid groups (broad SMARTS) is 1. The van der Waals surface area contributed by atoms with Crippen molar-refractivity contribution < 1.29 is 28.6 Å². The SMILES string of the molecule is CC#CCC(C)C(O)C=CC1CC(F)(F)C(=O)N1CCCCCCC(=O)O. The molecule has 0 aromatic heterocycles. The average molecular weight is 385 g/mol. The molecule has 1 aliphatic heterocycles. The lowest BCUT2D eigenvalue weighted by Crippen LogP contribution is -2.36. The maximum atomic E-state index is 13.8. The van der Waals surface area contributed by atoms with E-state index >= 15 is 0 Å². The molecule has 3 atom stereocenters. The molecule has 7 heteroatoms. The highest BCUT2D eigenvalue weighted by molar-refractivity contribution is 5.86. The standard InChI is InChI=1S/C20H29F2NO4/c1-3-4-9-15(2)17(24)12-11-16-14-20(21,22)19(27)23(16)13-8-6-5-7-10-18(25)26/h11-12,15-17,24H,5-10,13-14H2,1-2H3,(H,25,26). The summed E-state index contributed by atoms with van der Waals surface area (Å²) in [6.07, 6.45) is 4.58. The van der Waals surface area contributed by atoms with Crippen LogP contribution in [0.25, 0.3) is 0 Å². The zero-order valence-corrected chi connectivity index (χ0v) is 16.0. The molecule has 152 valence electrons. The highest BCUT2D eigenvalue weighted by Crippen LogP contribution is 2.34. The van der Waals surface area contributed by atoms with E-state index in [1.54, 1.807) is 6.92 Å². The van der Waals surface area contributed by atoms with Crippen molar-refractivity contribution in [3.63, 3.8) is 0 Å². The monoisotopic (exact) mass is 385 g/mol. The first-order valence-corrected chi connectivity index (χ1v) is 9.35. The summed E-state index contributed by atoms with van der Waals surface area (Å²) in [5, 5.41) is 18.7. The molecule has 3 unspecified atom stereocenters. The molecular formula is C20H29F2NO4. The van der Waals surface area contributed by atoms with Gasteiger partial charge in [0, 0.05) is 25.8 Å². The normalized spacial score (nSPS) is 21.1. The summed E-state index contributed by atoms with van der Waals surface area (Å²) in [4.78, 5) is 23.6. The van der Waals surface area contributed by atoms with Gasteiger partial charge < -0.3 is 15.1 Å². The number of hydrogen-bond donors (Lipinski definition) is 2. The van der Waals surface area contributed by atoms with Crippen molar-refractivity contribution in [3.05, 3.63) is 12.2 Å². The molecule has 1 heterocycles. The number of aliphatic hydroxyl groups is 1. The maximum absolute atomic E-state index is 13.8. The smallest absolute Gasteiger partial charge is 0.327 e.